The van der Waals surface area contributed by atoms with Gasteiger partial charge in [0.2, 0.25) is 0 Å². The van der Waals surface area contributed by atoms with Gasteiger partial charge in [0.25, 0.3) is 0 Å². The third-order valence-corrected chi connectivity index (χ3v) is 1.59. The molecule has 11 heteroatoms. The first-order valence-corrected chi connectivity index (χ1v) is 3.99. The van der Waals surface area contributed by atoms with Gasteiger partial charge in [-0.05, 0) is 4.31 Å². The summed E-state index contributed by atoms with van der Waals surface area (Å²) in [6.07, 6.45) is 0. The van der Waals surface area contributed by atoms with Crippen LogP contribution in [0.15, 0.2) is 0 Å². The van der Waals surface area contributed by atoms with Crippen molar-refractivity contribution < 1.29 is 188 Å². The molecular weight excluding hydrogens is 275 g/mol. The second-order valence-corrected chi connectivity index (χ2v) is 2.92. The summed E-state index contributed by atoms with van der Waals surface area (Å²) in [7, 11) is -7.96. The predicted octanol–water partition coefficient (Wildman–Crippen LogP) is -8.79. The van der Waals surface area contributed by atoms with Crippen LogP contribution < -0.4 is 154 Å². The molecule has 0 aliphatic heterocycles. The molecule has 1 unspecified atom stereocenters. The van der Waals surface area contributed by atoms with E-state index in [1.165, 1.54) is 0 Å². The van der Waals surface area contributed by atoms with Crippen LogP contribution in [0.2, 0.25) is 0 Å². The smallest absolute Gasteiger partial charge is 1.00 e. The standard InChI is InChI=1S/3K.H2O6P2.3H/c;;;1-7(2)6-8(3,4)5;;;/h;;;(H2-,1,2,3,4,5);;;/q3*+1;;3*-1/p+2. The Labute approximate surface area is 198 Å². The Balaban J connectivity index is -0.0000000117. The minimum Gasteiger partial charge on any atom is -1.00 e. The molecule has 3 N–H and O–H groups in total. The van der Waals surface area contributed by atoms with E-state index in [9.17, 15) is 9.13 Å². The van der Waals surface area contributed by atoms with Crippen molar-refractivity contribution >= 4 is 16.1 Å². The third kappa shape index (κ3) is 25.4. The molecule has 0 saturated heterocycles. The summed E-state index contributed by atoms with van der Waals surface area (Å²) in [4.78, 5) is 23.1. The zero-order chi connectivity index (χ0) is 6.78. The van der Waals surface area contributed by atoms with Crippen molar-refractivity contribution in [3.8, 4) is 0 Å². The van der Waals surface area contributed by atoms with Gasteiger partial charge in [0.15, 0.2) is 0 Å². The topological polar surface area (TPSA) is 104 Å². The molecule has 0 fully saturated rings. The molecule has 0 rings (SSSR count). The normalized spacial score (nSPS) is 9.91. The second-order valence-electron chi connectivity index (χ2n) is 0.810. The van der Waals surface area contributed by atoms with Crippen molar-refractivity contribution in [3.05, 3.63) is 0 Å². The summed E-state index contributed by atoms with van der Waals surface area (Å²) >= 11 is 0. The first-order chi connectivity index (χ1) is 3.42. The summed E-state index contributed by atoms with van der Waals surface area (Å²) < 4.78 is 22.2. The summed E-state index contributed by atoms with van der Waals surface area (Å²) in [5, 5.41) is 0. The summed E-state index contributed by atoms with van der Waals surface area (Å²) in [6.45, 7) is 0. The molecule has 0 aromatic heterocycles. The molecule has 11 heavy (non-hydrogen) atoms. The fraction of sp³-hybridized carbons (Fsp3) is 0. The molecule has 1 atom stereocenters. The van der Waals surface area contributed by atoms with E-state index in [0.717, 1.165) is 0 Å². The molecule has 0 bridgehead atoms. The van der Waals surface area contributed by atoms with Crippen molar-refractivity contribution in [1.29, 1.82) is 0 Å². The number of phosphoric acid groups is 1. The van der Waals surface area contributed by atoms with Crippen LogP contribution in [0.3, 0.4) is 0 Å². The molecular formula is H7K3O6P2+2. The van der Waals surface area contributed by atoms with E-state index in [1.54, 1.807) is 0 Å². The van der Waals surface area contributed by atoms with Gasteiger partial charge >= 0.3 is 172 Å². The average Bonchev–Trinajstić information content (AvgIpc) is 1.21. The van der Waals surface area contributed by atoms with Gasteiger partial charge in [0.05, 0.1) is 0 Å². The van der Waals surface area contributed by atoms with Gasteiger partial charge < -0.3 is 14.1 Å². The van der Waals surface area contributed by atoms with Crippen LogP contribution in [0, 0.1) is 0 Å². The van der Waals surface area contributed by atoms with Crippen molar-refractivity contribution in [2.24, 2.45) is 0 Å². The first-order valence-electron chi connectivity index (χ1n) is 1.33. The minimum atomic E-state index is -4.76. The van der Waals surface area contributed by atoms with Gasteiger partial charge in [0, 0.05) is 4.57 Å². The number of rotatable bonds is 2. The van der Waals surface area contributed by atoms with Crippen molar-refractivity contribution in [2.75, 3.05) is 0 Å². The number of hydrogen-bond acceptors (Lipinski definition) is 3. The zero-order valence-electron chi connectivity index (χ0n) is 10.5. The molecule has 0 saturated carbocycles. The van der Waals surface area contributed by atoms with E-state index >= 15 is 0 Å². The monoisotopic (exact) mass is 282 g/mol. The van der Waals surface area contributed by atoms with Crippen LogP contribution in [0.4, 0.5) is 0 Å². The zero-order valence-corrected chi connectivity index (χ0v) is 17.6. The first kappa shape index (κ1) is 25.1. The fourth-order valence-electron chi connectivity index (χ4n) is 0.0910. The molecule has 6 nitrogen and oxygen atoms in total. The molecule has 0 radical (unpaired) electrons. The molecule has 0 heterocycles. The van der Waals surface area contributed by atoms with E-state index < -0.39 is 16.1 Å². The van der Waals surface area contributed by atoms with Gasteiger partial charge in [0.1, 0.15) is 0 Å². The summed E-state index contributed by atoms with van der Waals surface area (Å²) in [5.74, 6) is 0. The van der Waals surface area contributed by atoms with Crippen LogP contribution in [-0.4, -0.2) is 14.7 Å². The second kappa shape index (κ2) is 13.1. The predicted molar refractivity (Wildman–Crippen MR) is 27.4 cm³/mol. The summed E-state index contributed by atoms with van der Waals surface area (Å²) in [6, 6.07) is 0. The largest absolute Gasteiger partial charge is 1.00 e. The van der Waals surface area contributed by atoms with Gasteiger partial charge in [-0.3, -0.25) is 0 Å². The maximum absolute atomic E-state index is 9.57. The maximum Gasteiger partial charge on any atom is 1.00 e. The van der Waals surface area contributed by atoms with E-state index in [2.05, 4.69) is 4.31 Å². The van der Waals surface area contributed by atoms with Crippen molar-refractivity contribution in [3.63, 3.8) is 0 Å². The number of hydrogen-bond donors (Lipinski definition) is 3. The SMILES string of the molecule is O=[P+](O)OP(=O)(O)O.[H+].[H-].[H-].[H-].[K+].[K+].[K+]. The van der Waals surface area contributed by atoms with Gasteiger partial charge in [-0.15, -0.1) is 4.89 Å². The Morgan fingerprint density at radius 1 is 1.36 bits per heavy atom. The fourth-order valence-corrected chi connectivity index (χ4v) is 0.819. The maximum atomic E-state index is 9.57. The van der Waals surface area contributed by atoms with Crippen LogP contribution in [-0.2, 0) is 13.4 Å². The average molecular weight is 282 g/mol. The molecule has 0 spiro atoms. The van der Waals surface area contributed by atoms with Crippen molar-refractivity contribution in [2.45, 2.75) is 0 Å². The molecule has 0 aromatic carbocycles. The Morgan fingerprint density at radius 3 is 1.64 bits per heavy atom. The van der Waals surface area contributed by atoms with Gasteiger partial charge in [-0.2, -0.15) is 0 Å². The molecule has 0 aliphatic rings. The van der Waals surface area contributed by atoms with E-state index in [1.807, 2.05) is 0 Å². The van der Waals surface area contributed by atoms with E-state index in [-0.39, 0.29) is 160 Å². The molecule has 54 valence electrons. The quantitative estimate of drug-likeness (QED) is 0.343. The van der Waals surface area contributed by atoms with Gasteiger partial charge in [-0.25, -0.2) is 4.57 Å². The van der Waals surface area contributed by atoms with Gasteiger partial charge in [-0.1, -0.05) is 0 Å². The van der Waals surface area contributed by atoms with Crippen LogP contribution >= 0.6 is 16.1 Å². The summed E-state index contributed by atoms with van der Waals surface area (Å²) in [5.41, 5.74) is 0. The van der Waals surface area contributed by atoms with Crippen LogP contribution in [0.25, 0.3) is 0 Å². The Morgan fingerprint density at radius 2 is 1.64 bits per heavy atom. The third-order valence-electron chi connectivity index (χ3n) is 0.176. The van der Waals surface area contributed by atoms with Crippen molar-refractivity contribution in [1.82, 2.24) is 0 Å². The minimum absolute atomic E-state index is 0. The van der Waals surface area contributed by atoms with E-state index in [4.69, 9.17) is 14.7 Å². The van der Waals surface area contributed by atoms with Crippen LogP contribution in [0.1, 0.15) is 5.71 Å². The molecule has 0 amide bonds. The Hall–Kier alpha value is 5.08. The van der Waals surface area contributed by atoms with Crippen LogP contribution in [0.5, 0.6) is 0 Å². The molecule has 0 aromatic rings. The molecule has 0 aliphatic carbocycles. The Kier molecular flexibility index (Phi) is 29.9. The van der Waals surface area contributed by atoms with E-state index in [0.29, 0.717) is 0 Å². The Bertz CT molecular complexity index is 151.